The lowest BCUT2D eigenvalue weighted by Gasteiger charge is -2.55. The van der Waals surface area contributed by atoms with Gasteiger partial charge in [0.25, 0.3) is 0 Å². The number of hydrogen-bond acceptors (Lipinski definition) is 4. The van der Waals surface area contributed by atoms with E-state index in [9.17, 15) is 15.0 Å². The zero-order valence-corrected chi connectivity index (χ0v) is 20.4. The molecular weight excluding hydrogens is 410 g/mol. The maximum absolute atomic E-state index is 12.2. The predicted molar refractivity (Wildman–Crippen MR) is 132 cm³/mol. The van der Waals surface area contributed by atoms with E-state index < -0.39 is 5.60 Å². The third-order valence-corrected chi connectivity index (χ3v) is 9.62. The number of hydrogen-bond donors (Lipinski definition) is 2. The van der Waals surface area contributed by atoms with Crippen LogP contribution in [0.3, 0.4) is 0 Å². The second-order valence-corrected chi connectivity index (χ2v) is 11.4. The van der Waals surface area contributed by atoms with Gasteiger partial charge in [-0.25, -0.2) is 0 Å². The van der Waals surface area contributed by atoms with Crippen LogP contribution in [-0.4, -0.2) is 42.3 Å². The van der Waals surface area contributed by atoms with Gasteiger partial charge >= 0.3 is 0 Å². The lowest BCUT2D eigenvalue weighted by atomic mass is 9.51. The number of fused-ring (bicyclic) bond motifs is 4. The summed E-state index contributed by atoms with van der Waals surface area (Å²) in [4.78, 5) is 14.3. The molecule has 2 N–H and O–H groups in total. The van der Waals surface area contributed by atoms with Crippen LogP contribution in [0.15, 0.2) is 47.1 Å². The number of anilines is 1. The van der Waals surface area contributed by atoms with E-state index in [1.165, 1.54) is 22.4 Å². The van der Waals surface area contributed by atoms with Crippen LogP contribution in [0.25, 0.3) is 0 Å². The van der Waals surface area contributed by atoms with Gasteiger partial charge in [0.15, 0.2) is 5.78 Å². The summed E-state index contributed by atoms with van der Waals surface area (Å²) in [6, 6.07) is 8.98. The van der Waals surface area contributed by atoms with Gasteiger partial charge < -0.3 is 15.1 Å². The van der Waals surface area contributed by atoms with Crippen LogP contribution in [0, 0.1) is 17.3 Å². The predicted octanol–water partition coefficient (Wildman–Crippen LogP) is 5.16. The van der Waals surface area contributed by atoms with Crippen molar-refractivity contribution in [1.29, 1.82) is 0 Å². The number of carbonyl (C=O) groups excluding carboxylic acids is 1. The molecule has 0 heterocycles. The first kappa shape index (κ1) is 22.9. The number of aliphatic hydroxyl groups is 2. The van der Waals surface area contributed by atoms with Crippen molar-refractivity contribution in [2.45, 2.75) is 76.2 Å². The third kappa shape index (κ3) is 3.61. The molecule has 4 heteroatoms. The normalized spacial score (nSPS) is 35.6. The van der Waals surface area contributed by atoms with Crippen molar-refractivity contribution in [2.24, 2.45) is 17.3 Å². The molecule has 1 aromatic rings. The molecule has 1 unspecified atom stereocenters. The molecule has 4 nitrogen and oxygen atoms in total. The monoisotopic (exact) mass is 449 g/mol. The van der Waals surface area contributed by atoms with Crippen LogP contribution >= 0.6 is 0 Å². The Balaban J connectivity index is 1.62. The van der Waals surface area contributed by atoms with E-state index in [0.29, 0.717) is 31.1 Å². The van der Waals surface area contributed by atoms with Crippen LogP contribution in [0.4, 0.5) is 5.69 Å². The van der Waals surface area contributed by atoms with E-state index in [4.69, 9.17) is 0 Å². The van der Waals surface area contributed by atoms with Crippen LogP contribution in [0.2, 0.25) is 0 Å². The number of rotatable bonds is 5. The highest BCUT2D eigenvalue weighted by molar-refractivity contribution is 5.93. The molecule has 1 aromatic carbocycles. The molecular formula is C29H39NO3. The van der Waals surface area contributed by atoms with Gasteiger partial charge in [-0.05, 0) is 98.1 Å². The fraction of sp³-hybridized carbons (Fsp3) is 0.621. The highest BCUT2D eigenvalue weighted by Crippen LogP contribution is 2.67. The molecule has 0 radical (unpaired) electrons. The van der Waals surface area contributed by atoms with Crippen molar-refractivity contribution in [1.82, 2.24) is 0 Å². The van der Waals surface area contributed by atoms with E-state index in [2.05, 4.69) is 50.2 Å². The summed E-state index contributed by atoms with van der Waals surface area (Å²) in [6.07, 6.45) is 9.68. The fourth-order valence-electron chi connectivity index (χ4n) is 7.84. The lowest BCUT2D eigenvalue weighted by molar-refractivity contribution is -0.114. The molecule has 2 saturated carbocycles. The van der Waals surface area contributed by atoms with E-state index in [1.54, 1.807) is 5.57 Å². The number of aliphatic hydroxyl groups excluding tert-OH is 1. The first-order valence-electron chi connectivity index (χ1n) is 12.8. The molecule has 4 aliphatic carbocycles. The Hall–Kier alpha value is -1.91. The molecule has 178 valence electrons. The van der Waals surface area contributed by atoms with Crippen molar-refractivity contribution in [3.05, 3.63) is 52.6 Å². The second-order valence-electron chi connectivity index (χ2n) is 11.4. The largest absolute Gasteiger partial charge is 0.396 e. The minimum absolute atomic E-state index is 0.138. The highest BCUT2D eigenvalue weighted by atomic mass is 16.3. The number of ketones is 1. The number of allylic oxidation sites excluding steroid dienone is 4. The Kier molecular flexibility index (Phi) is 5.81. The molecule has 5 atom stereocenters. The Labute approximate surface area is 198 Å². The quantitative estimate of drug-likeness (QED) is 0.652. The smallest absolute Gasteiger partial charge is 0.156 e. The zero-order valence-electron chi connectivity index (χ0n) is 20.4. The summed E-state index contributed by atoms with van der Waals surface area (Å²) in [5, 5.41) is 21.4. The molecule has 5 rings (SSSR count). The zero-order chi connectivity index (χ0) is 23.4. The summed E-state index contributed by atoms with van der Waals surface area (Å²) in [7, 11) is 4.14. The summed E-state index contributed by atoms with van der Waals surface area (Å²) in [5.41, 5.74) is 5.98. The van der Waals surface area contributed by atoms with Crippen molar-refractivity contribution >= 4 is 11.5 Å². The van der Waals surface area contributed by atoms with Crippen molar-refractivity contribution in [3.8, 4) is 0 Å². The topological polar surface area (TPSA) is 60.8 Å². The number of carbonyl (C=O) groups is 1. The average Bonchev–Trinajstić information content (AvgIpc) is 3.07. The first-order valence-corrected chi connectivity index (χ1v) is 12.8. The molecule has 2 fully saturated rings. The van der Waals surface area contributed by atoms with Gasteiger partial charge in [0.05, 0.1) is 5.60 Å². The molecule has 0 aliphatic heterocycles. The molecule has 0 saturated heterocycles. The Morgan fingerprint density at radius 2 is 1.85 bits per heavy atom. The number of nitrogens with zero attached hydrogens (tertiary/aromatic N) is 1. The standard InChI is InChI=1S/C29H39NO3/c1-28-18-25(19-5-8-21(9-6-19)30(2)3)27-23-12-10-22(32)17-20(23)7-11-24(27)26(28)13-15-29(28,33)14-4-16-31/h5-6,8-9,17,24-26,31,33H,4,7,10-16,18H2,1-3H3/t24?,25-,26+,28-,29-/m1/s1. The fourth-order valence-corrected chi connectivity index (χ4v) is 7.84. The maximum Gasteiger partial charge on any atom is 0.156 e. The molecule has 33 heavy (non-hydrogen) atoms. The lowest BCUT2D eigenvalue weighted by Crippen LogP contribution is -2.51. The van der Waals surface area contributed by atoms with E-state index in [-0.39, 0.29) is 23.7 Å². The molecule has 0 bridgehead atoms. The van der Waals surface area contributed by atoms with E-state index in [1.807, 2.05) is 6.08 Å². The molecule has 4 aliphatic rings. The van der Waals surface area contributed by atoms with Crippen molar-refractivity contribution in [3.63, 3.8) is 0 Å². The number of benzene rings is 1. The van der Waals surface area contributed by atoms with Crippen molar-refractivity contribution < 1.29 is 15.0 Å². The van der Waals surface area contributed by atoms with E-state index in [0.717, 1.165) is 38.5 Å². The van der Waals surface area contributed by atoms with Gasteiger partial charge in [-0.1, -0.05) is 24.6 Å². The second kappa shape index (κ2) is 8.39. The maximum atomic E-state index is 12.2. The molecule has 0 amide bonds. The van der Waals surface area contributed by atoms with Crippen LogP contribution in [0.1, 0.15) is 76.2 Å². The summed E-state index contributed by atoms with van der Waals surface area (Å²) < 4.78 is 0. The summed E-state index contributed by atoms with van der Waals surface area (Å²) >= 11 is 0. The van der Waals surface area contributed by atoms with Gasteiger partial charge in [-0.2, -0.15) is 0 Å². The van der Waals surface area contributed by atoms with Gasteiger partial charge in [0.2, 0.25) is 0 Å². The summed E-state index contributed by atoms with van der Waals surface area (Å²) in [6.45, 7) is 2.47. The van der Waals surface area contributed by atoms with E-state index >= 15 is 0 Å². The van der Waals surface area contributed by atoms with Gasteiger partial charge in [-0.15, -0.1) is 0 Å². The molecule has 0 aromatic heterocycles. The van der Waals surface area contributed by atoms with Crippen molar-refractivity contribution in [2.75, 3.05) is 25.6 Å². The van der Waals surface area contributed by atoms with Gasteiger partial charge in [0, 0.05) is 44.1 Å². The van der Waals surface area contributed by atoms with Gasteiger partial charge in [-0.3, -0.25) is 4.79 Å². The van der Waals surface area contributed by atoms with Crippen LogP contribution in [-0.2, 0) is 4.79 Å². The minimum atomic E-state index is -0.711. The third-order valence-electron chi connectivity index (χ3n) is 9.62. The SMILES string of the molecule is CN(C)c1ccc([C@H]2C[C@]3(C)[C@@H](CC[C@]3(O)CCCO)C3CCC4=CC(=O)CCC4=C32)cc1. The highest BCUT2D eigenvalue weighted by Gasteiger charge is 2.62. The Morgan fingerprint density at radius 3 is 2.55 bits per heavy atom. The minimum Gasteiger partial charge on any atom is -0.396 e. The van der Waals surface area contributed by atoms with Crippen LogP contribution in [0.5, 0.6) is 0 Å². The molecule has 0 spiro atoms. The van der Waals surface area contributed by atoms with Crippen LogP contribution < -0.4 is 4.90 Å². The Morgan fingerprint density at radius 1 is 1.09 bits per heavy atom. The average molecular weight is 450 g/mol. The summed E-state index contributed by atoms with van der Waals surface area (Å²) in [5.74, 6) is 1.50. The Bertz CT molecular complexity index is 991. The van der Waals surface area contributed by atoms with Gasteiger partial charge in [0.1, 0.15) is 0 Å². The first-order chi connectivity index (χ1) is 15.8.